The van der Waals surface area contributed by atoms with E-state index < -0.39 is 0 Å². The number of rotatable bonds is 2. The Hall–Kier alpha value is -2.36. The first-order valence-corrected chi connectivity index (χ1v) is 9.61. The summed E-state index contributed by atoms with van der Waals surface area (Å²) < 4.78 is 4.29. The lowest BCUT2D eigenvalue weighted by Crippen LogP contribution is -2.29. The van der Waals surface area contributed by atoms with Gasteiger partial charge in [-0.3, -0.25) is 0 Å². The summed E-state index contributed by atoms with van der Waals surface area (Å²) in [6.45, 7) is 16.0. The fourth-order valence-electron chi connectivity index (χ4n) is 3.91. The molecule has 1 N–H and O–H groups in total. The number of aromatic amines is 1. The van der Waals surface area contributed by atoms with E-state index in [1.54, 1.807) is 0 Å². The third kappa shape index (κ3) is 3.33. The highest BCUT2D eigenvalue weighted by molar-refractivity contribution is 5.81. The first kappa shape index (κ1) is 19.4. The number of nitrogens with one attached hydrogen (secondary N) is 1. The van der Waals surface area contributed by atoms with Gasteiger partial charge in [0.05, 0.1) is 25.3 Å². The second-order valence-electron chi connectivity index (χ2n) is 9.67. The van der Waals surface area contributed by atoms with Crippen LogP contribution in [0.2, 0.25) is 0 Å². The Kier molecular flexibility index (Phi) is 4.57. The summed E-state index contributed by atoms with van der Waals surface area (Å²) in [6, 6.07) is 2.43. The molecule has 0 aliphatic rings. The molecule has 0 saturated heterocycles. The van der Waals surface area contributed by atoms with E-state index in [1.165, 1.54) is 33.5 Å². The molecule has 2 aromatic heterocycles. The van der Waals surface area contributed by atoms with Gasteiger partial charge in [0.15, 0.2) is 5.69 Å². The van der Waals surface area contributed by atoms with E-state index in [0.29, 0.717) is 0 Å². The minimum Gasteiger partial charge on any atom is -0.334 e. The maximum atomic E-state index is 4.40. The topological polar surface area (TPSA) is 37.5 Å². The SMILES string of the molecule is Cc1c(-c2cncn2C)c(C(C)(C)C)cc(C(C)(C)C)c1-c1c[nH]c[n+]1C. The smallest absolute Gasteiger partial charge is 0.241 e. The van der Waals surface area contributed by atoms with Gasteiger partial charge in [-0.2, -0.15) is 0 Å². The van der Waals surface area contributed by atoms with E-state index >= 15 is 0 Å². The molecule has 0 aliphatic heterocycles. The Labute approximate surface area is 163 Å². The first-order chi connectivity index (χ1) is 12.4. The molecule has 0 bridgehead atoms. The van der Waals surface area contributed by atoms with Gasteiger partial charge in [-0.25, -0.2) is 14.5 Å². The monoisotopic (exact) mass is 365 g/mol. The molecule has 0 radical (unpaired) electrons. The average Bonchev–Trinajstić information content (AvgIpc) is 3.13. The zero-order valence-corrected chi connectivity index (χ0v) is 18.2. The highest BCUT2D eigenvalue weighted by atomic mass is 15.0. The number of aromatic nitrogens is 4. The predicted molar refractivity (Wildman–Crippen MR) is 112 cm³/mol. The van der Waals surface area contributed by atoms with Crippen molar-refractivity contribution in [1.29, 1.82) is 0 Å². The van der Waals surface area contributed by atoms with Crippen molar-refractivity contribution in [3.8, 4) is 22.5 Å². The summed E-state index contributed by atoms with van der Waals surface area (Å²) in [5, 5.41) is 0. The molecule has 144 valence electrons. The number of hydrogen-bond donors (Lipinski definition) is 1. The van der Waals surface area contributed by atoms with Crippen molar-refractivity contribution < 1.29 is 4.57 Å². The Morgan fingerprint density at radius 1 is 1.00 bits per heavy atom. The molecule has 3 rings (SSSR count). The summed E-state index contributed by atoms with van der Waals surface area (Å²) >= 11 is 0. The molecule has 1 aromatic carbocycles. The number of nitrogens with zero attached hydrogens (tertiary/aromatic N) is 3. The largest absolute Gasteiger partial charge is 0.334 e. The van der Waals surface area contributed by atoms with E-state index in [1.807, 2.05) is 18.9 Å². The van der Waals surface area contributed by atoms with Crippen LogP contribution in [-0.4, -0.2) is 14.5 Å². The van der Waals surface area contributed by atoms with Crippen LogP contribution in [0.5, 0.6) is 0 Å². The van der Waals surface area contributed by atoms with Crippen molar-refractivity contribution in [2.75, 3.05) is 0 Å². The average molecular weight is 366 g/mol. The van der Waals surface area contributed by atoms with Gasteiger partial charge in [0, 0.05) is 18.2 Å². The van der Waals surface area contributed by atoms with Crippen molar-refractivity contribution in [3.05, 3.63) is 47.8 Å². The van der Waals surface area contributed by atoms with E-state index in [-0.39, 0.29) is 10.8 Å². The zero-order chi connectivity index (χ0) is 20.1. The third-order valence-electron chi connectivity index (χ3n) is 5.39. The van der Waals surface area contributed by atoms with Gasteiger partial charge in [0.2, 0.25) is 6.33 Å². The van der Waals surface area contributed by atoms with Crippen LogP contribution in [0.15, 0.2) is 31.1 Å². The molecular weight excluding hydrogens is 332 g/mol. The summed E-state index contributed by atoms with van der Waals surface area (Å²) in [6.07, 6.45) is 7.97. The first-order valence-electron chi connectivity index (χ1n) is 9.61. The van der Waals surface area contributed by atoms with Gasteiger partial charge in [0.25, 0.3) is 0 Å². The Bertz CT molecular complexity index is 898. The fraction of sp³-hybridized carbons (Fsp3) is 0.478. The second kappa shape index (κ2) is 6.36. The number of aryl methyl sites for hydroxylation is 2. The third-order valence-corrected chi connectivity index (χ3v) is 5.39. The molecule has 4 heteroatoms. The highest BCUT2D eigenvalue weighted by Crippen LogP contribution is 2.44. The molecule has 4 nitrogen and oxygen atoms in total. The number of benzene rings is 1. The molecular formula is C23H33N4+. The molecule has 2 heterocycles. The summed E-state index contributed by atoms with van der Waals surface area (Å²) in [5.74, 6) is 0. The maximum Gasteiger partial charge on any atom is 0.241 e. The maximum absolute atomic E-state index is 4.40. The van der Waals surface area contributed by atoms with Crippen LogP contribution >= 0.6 is 0 Å². The van der Waals surface area contributed by atoms with Crippen molar-refractivity contribution >= 4 is 0 Å². The van der Waals surface area contributed by atoms with Gasteiger partial charge >= 0.3 is 0 Å². The van der Waals surface area contributed by atoms with Crippen molar-refractivity contribution in [2.45, 2.75) is 59.3 Å². The molecule has 0 saturated carbocycles. The van der Waals surface area contributed by atoms with Gasteiger partial charge in [0.1, 0.15) is 6.20 Å². The number of imidazole rings is 2. The quantitative estimate of drug-likeness (QED) is 0.650. The number of hydrogen-bond acceptors (Lipinski definition) is 1. The van der Waals surface area contributed by atoms with E-state index in [9.17, 15) is 0 Å². The predicted octanol–water partition coefficient (Wildman–Crippen LogP) is 4.81. The molecule has 0 aliphatic carbocycles. The Morgan fingerprint density at radius 3 is 2.04 bits per heavy atom. The fourth-order valence-corrected chi connectivity index (χ4v) is 3.91. The lowest BCUT2D eigenvalue weighted by atomic mass is 9.73. The molecule has 0 spiro atoms. The Morgan fingerprint density at radius 2 is 1.59 bits per heavy atom. The Balaban J connectivity index is 2.51. The van der Waals surface area contributed by atoms with Crippen LogP contribution in [0.1, 0.15) is 58.2 Å². The van der Waals surface area contributed by atoms with Gasteiger partial charge < -0.3 is 4.57 Å². The van der Waals surface area contributed by atoms with Crippen molar-refractivity contribution in [1.82, 2.24) is 14.5 Å². The van der Waals surface area contributed by atoms with Gasteiger partial charge in [-0.05, 0) is 34.4 Å². The van der Waals surface area contributed by atoms with Crippen molar-refractivity contribution in [2.24, 2.45) is 14.1 Å². The van der Waals surface area contributed by atoms with Crippen LogP contribution in [-0.2, 0) is 24.9 Å². The van der Waals surface area contributed by atoms with E-state index in [0.717, 1.165) is 5.69 Å². The highest BCUT2D eigenvalue weighted by Gasteiger charge is 2.31. The van der Waals surface area contributed by atoms with E-state index in [4.69, 9.17) is 0 Å². The number of H-pyrrole nitrogens is 1. The van der Waals surface area contributed by atoms with Gasteiger partial charge in [-0.15, -0.1) is 0 Å². The van der Waals surface area contributed by atoms with E-state index in [2.05, 4.69) is 93.9 Å². The molecule has 27 heavy (non-hydrogen) atoms. The van der Waals surface area contributed by atoms with Gasteiger partial charge in [-0.1, -0.05) is 47.6 Å². The second-order valence-corrected chi connectivity index (χ2v) is 9.67. The summed E-state index contributed by atoms with van der Waals surface area (Å²) in [7, 11) is 4.17. The molecule has 0 atom stereocenters. The van der Waals surface area contributed by atoms with Crippen molar-refractivity contribution in [3.63, 3.8) is 0 Å². The van der Waals surface area contributed by atoms with Crippen LogP contribution in [0.4, 0.5) is 0 Å². The standard InChI is InChI=1S/C23H32N4/c1-15-20(18-11-24-13-26(18)8)16(22(2,3)4)10-17(23(5,6)7)21(15)19-12-25-14-27(19)9/h10-14H,1-9H3/p+1. The van der Waals surface area contributed by atoms with Crippen LogP contribution < -0.4 is 4.57 Å². The molecule has 0 unspecified atom stereocenters. The normalized spacial score (nSPS) is 12.6. The minimum atomic E-state index is 0.0310. The molecule has 0 amide bonds. The van der Waals surface area contributed by atoms with Crippen LogP contribution in [0, 0.1) is 6.92 Å². The lowest BCUT2D eigenvalue weighted by Gasteiger charge is -2.31. The summed E-state index contributed by atoms with van der Waals surface area (Å²) in [4.78, 5) is 7.65. The van der Waals surface area contributed by atoms with Crippen LogP contribution in [0.3, 0.4) is 0 Å². The molecule has 0 fully saturated rings. The lowest BCUT2D eigenvalue weighted by molar-refractivity contribution is -0.659. The zero-order valence-electron chi connectivity index (χ0n) is 18.2. The minimum absolute atomic E-state index is 0.0310. The summed E-state index contributed by atoms with van der Waals surface area (Å²) in [5.41, 5.74) is 9.12. The van der Waals surface area contributed by atoms with Crippen LogP contribution in [0.25, 0.3) is 22.5 Å². The molecule has 3 aromatic rings.